The molecule has 0 aliphatic carbocycles. The molecule has 1 saturated heterocycles. The molecule has 2 N–H and O–H groups in total. The molecule has 6 heteroatoms. The topological polar surface area (TPSA) is 67.4 Å². The molecule has 2 heterocycles. The molecule has 2 aromatic rings. The SMILES string of the molecule is CN1CCN(c2ccc(-c3cc(N)n(C)n3)cc2)C(=O)C1. The first-order valence-corrected chi connectivity index (χ1v) is 6.93. The standard InChI is InChI=1S/C15H19N5O/c1-18-7-8-20(15(21)10-18)12-5-3-11(4-6-12)13-9-14(16)19(2)17-13/h3-6,9H,7-8,10,16H2,1-2H3. The number of nitrogens with two attached hydrogens (primary N) is 1. The number of nitrogen functional groups attached to an aromatic ring is 1. The van der Waals surface area contributed by atoms with Crippen LogP contribution in [-0.2, 0) is 11.8 Å². The molecule has 3 rings (SSSR count). The van der Waals surface area contributed by atoms with Gasteiger partial charge in [-0.3, -0.25) is 14.4 Å². The molecule has 6 nitrogen and oxygen atoms in total. The normalized spacial score (nSPS) is 16.5. The number of piperazine rings is 1. The van der Waals surface area contributed by atoms with Gasteiger partial charge < -0.3 is 10.6 Å². The third-order valence-electron chi connectivity index (χ3n) is 3.80. The number of likely N-dealkylation sites (N-methyl/N-ethyl adjacent to an activating group) is 1. The number of hydrogen-bond acceptors (Lipinski definition) is 4. The fourth-order valence-corrected chi connectivity index (χ4v) is 2.50. The quantitative estimate of drug-likeness (QED) is 0.892. The van der Waals surface area contributed by atoms with Crippen LogP contribution >= 0.6 is 0 Å². The number of hydrogen-bond donors (Lipinski definition) is 1. The minimum atomic E-state index is 0.138. The highest BCUT2D eigenvalue weighted by Crippen LogP contribution is 2.24. The zero-order valence-electron chi connectivity index (χ0n) is 12.3. The number of carbonyl (C=O) groups excluding carboxylic acids is 1. The Morgan fingerprint density at radius 1 is 1.14 bits per heavy atom. The Labute approximate surface area is 123 Å². The van der Waals surface area contributed by atoms with E-state index in [1.165, 1.54) is 0 Å². The fourth-order valence-electron chi connectivity index (χ4n) is 2.50. The number of amides is 1. The summed E-state index contributed by atoms with van der Waals surface area (Å²) in [6, 6.07) is 9.72. The van der Waals surface area contributed by atoms with Gasteiger partial charge in [0.15, 0.2) is 0 Å². The fraction of sp³-hybridized carbons (Fsp3) is 0.333. The van der Waals surface area contributed by atoms with Crippen LogP contribution in [0.25, 0.3) is 11.3 Å². The smallest absolute Gasteiger partial charge is 0.241 e. The van der Waals surface area contributed by atoms with Crippen molar-refractivity contribution in [3.05, 3.63) is 30.3 Å². The van der Waals surface area contributed by atoms with Gasteiger partial charge in [0.25, 0.3) is 0 Å². The molecule has 0 unspecified atom stereocenters. The van der Waals surface area contributed by atoms with Crippen LogP contribution in [0.4, 0.5) is 11.5 Å². The van der Waals surface area contributed by atoms with E-state index in [4.69, 9.17) is 5.73 Å². The zero-order chi connectivity index (χ0) is 15.0. The number of nitrogens with zero attached hydrogens (tertiary/aromatic N) is 4. The average Bonchev–Trinajstić information content (AvgIpc) is 2.79. The second-order valence-electron chi connectivity index (χ2n) is 5.41. The Morgan fingerprint density at radius 3 is 2.43 bits per heavy atom. The summed E-state index contributed by atoms with van der Waals surface area (Å²) in [5, 5.41) is 4.35. The maximum Gasteiger partial charge on any atom is 0.241 e. The van der Waals surface area contributed by atoms with Gasteiger partial charge in [-0.25, -0.2) is 0 Å². The maximum absolute atomic E-state index is 12.1. The molecule has 0 saturated carbocycles. The van der Waals surface area contributed by atoms with Gasteiger partial charge in [0.05, 0.1) is 12.2 Å². The van der Waals surface area contributed by atoms with E-state index in [0.29, 0.717) is 12.4 Å². The van der Waals surface area contributed by atoms with Crippen LogP contribution in [0.3, 0.4) is 0 Å². The third-order valence-corrected chi connectivity index (χ3v) is 3.80. The van der Waals surface area contributed by atoms with Crippen molar-refractivity contribution in [3.63, 3.8) is 0 Å². The van der Waals surface area contributed by atoms with E-state index in [1.54, 1.807) is 4.68 Å². The molecule has 0 spiro atoms. The molecule has 0 bridgehead atoms. The van der Waals surface area contributed by atoms with Crippen molar-refractivity contribution in [2.24, 2.45) is 7.05 Å². The third kappa shape index (κ3) is 2.62. The molecule has 0 atom stereocenters. The van der Waals surface area contributed by atoms with Crippen LogP contribution in [0.5, 0.6) is 0 Å². The van der Waals surface area contributed by atoms with Crippen LogP contribution in [0.2, 0.25) is 0 Å². The van der Waals surface area contributed by atoms with E-state index in [0.717, 1.165) is 30.0 Å². The summed E-state index contributed by atoms with van der Waals surface area (Å²) in [6.45, 7) is 2.09. The van der Waals surface area contributed by atoms with Crippen LogP contribution in [0, 0.1) is 0 Å². The maximum atomic E-state index is 12.1. The first kappa shape index (κ1) is 13.6. The van der Waals surface area contributed by atoms with Gasteiger partial charge >= 0.3 is 0 Å². The molecule has 1 aliphatic heterocycles. The summed E-state index contributed by atoms with van der Waals surface area (Å²) >= 11 is 0. The molecule has 110 valence electrons. The predicted molar refractivity (Wildman–Crippen MR) is 82.9 cm³/mol. The number of aromatic nitrogens is 2. The lowest BCUT2D eigenvalue weighted by Crippen LogP contribution is -2.48. The van der Waals surface area contributed by atoms with Crippen LogP contribution in [-0.4, -0.2) is 47.3 Å². The first-order chi connectivity index (χ1) is 10.0. The largest absolute Gasteiger partial charge is 0.384 e. The van der Waals surface area contributed by atoms with Crippen molar-refractivity contribution in [3.8, 4) is 11.3 Å². The van der Waals surface area contributed by atoms with Crippen molar-refractivity contribution >= 4 is 17.4 Å². The van der Waals surface area contributed by atoms with Gasteiger partial charge in [-0.15, -0.1) is 0 Å². The number of aryl methyl sites for hydroxylation is 1. The van der Waals surface area contributed by atoms with E-state index in [9.17, 15) is 4.79 Å². The summed E-state index contributed by atoms with van der Waals surface area (Å²) in [4.78, 5) is 15.9. The molecule has 0 radical (unpaired) electrons. The minimum Gasteiger partial charge on any atom is -0.384 e. The van der Waals surface area contributed by atoms with Crippen LogP contribution < -0.4 is 10.6 Å². The van der Waals surface area contributed by atoms with Crippen molar-refractivity contribution in [2.75, 3.05) is 37.3 Å². The van der Waals surface area contributed by atoms with Crippen molar-refractivity contribution in [1.29, 1.82) is 0 Å². The summed E-state index contributed by atoms with van der Waals surface area (Å²) in [5.74, 6) is 0.766. The Morgan fingerprint density at radius 2 is 1.86 bits per heavy atom. The number of carbonyl (C=O) groups is 1. The molecular formula is C15H19N5O. The van der Waals surface area contributed by atoms with E-state index >= 15 is 0 Å². The summed E-state index contributed by atoms with van der Waals surface area (Å²) in [7, 11) is 3.78. The Hall–Kier alpha value is -2.34. The molecule has 21 heavy (non-hydrogen) atoms. The predicted octanol–water partition coefficient (Wildman–Crippen LogP) is 0.948. The summed E-state index contributed by atoms with van der Waals surface area (Å²) < 4.78 is 1.65. The van der Waals surface area contributed by atoms with Crippen LogP contribution in [0.15, 0.2) is 30.3 Å². The Bertz CT molecular complexity index is 642. The average molecular weight is 285 g/mol. The van der Waals surface area contributed by atoms with Gasteiger partial charge in [-0.1, -0.05) is 12.1 Å². The Balaban J connectivity index is 1.82. The number of rotatable bonds is 2. The minimum absolute atomic E-state index is 0.138. The molecule has 1 fully saturated rings. The highest BCUT2D eigenvalue weighted by atomic mass is 16.2. The molecule has 1 aromatic heterocycles. The van der Waals surface area contributed by atoms with E-state index in [1.807, 2.05) is 54.2 Å². The highest BCUT2D eigenvalue weighted by molar-refractivity contribution is 5.95. The Kier molecular flexibility index (Phi) is 3.39. The van der Waals surface area contributed by atoms with Gasteiger partial charge in [-0.2, -0.15) is 5.10 Å². The lowest BCUT2D eigenvalue weighted by molar-refractivity contribution is -0.120. The van der Waals surface area contributed by atoms with Crippen molar-refractivity contribution in [2.45, 2.75) is 0 Å². The first-order valence-electron chi connectivity index (χ1n) is 6.93. The van der Waals surface area contributed by atoms with Crippen molar-refractivity contribution < 1.29 is 4.79 Å². The zero-order valence-corrected chi connectivity index (χ0v) is 12.3. The van der Waals surface area contributed by atoms with E-state index in [-0.39, 0.29) is 5.91 Å². The monoisotopic (exact) mass is 285 g/mol. The van der Waals surface area contributed by atoms with Crippen molar-refractivity contribution in [1.82, 2.24) is 14.7 Å². The van der Waals surface area contributed by atoms with Gasteiger partial charge in [-0.05, 0) is 19.2 Å². The second-order valence-corrected chi connectivity index (χ2v) is 5.41. The van der Waals surface area contributed by atoms with E-state index in [2.05, 4.69) is 5.10 Å². The summed E-state index contributed by atoms with van der Waals surface area (Å²) in [5.41, 5.74) is 8.56. The lowest BCUT2D eigenvalue weighted by atomic mass is 10.1. The number of anilines is 2. The van der Waals surface area contributed by atoms with Gasteiger partial charge in [0.1, 0.15) is 5.82 Å². The highest BCUT2D eigenvalue weighted by Gasteiger charge is 2.22. The van der Waals surface area contributed by atoms with Crippen LogP contribution in [0.1, 0.15) is 0 Å². The number of benzene rings is 1. The van der Waals surface area contributed by atoms with Gasteiger partial charge in [0, 0.05) is 37.5 Å². The van der Waals surface area contributed by atoms with Gasteiger partial charge in [0.2, 0.25) is 5.91 Å². The molecule has 1 amide bonds. The lowest BCUT2D eigenvalue weighted by Gasteiger charge is -2.32. The molecule has 1 aromatic carbocycles. The summed E-state index contributed by atoms with van der Waals surface area (Å²) in [6.07, 6.45) is 0. The van der Waals surface area contributed by atoms with E-state index < -0.39 is 0 Å². The molecule has 1 aliphatic rings. The second kappa shape index (κ2) is 5.21. The molecular weight excluding hydrogens is 266 g/mol.